The van der Waals surface area contributed by atoms with Gasteiger partial charge in [0.25, 0.3) is 0 Å². The van der Waals surface area contributed by atoms with Crippen LogP contribution in [0.4, 0.5) is 0 Å². The predicted molar refractivity (Wildman–Crippen MR) is 18.4 cm³/mol. The first-order chi connectivity index (χ1) is 1.73. The molecule has 0 spiro atoms. The van der Waals surface area contributed by atoms with Gasteiger partial charge in [0.05, 0.1) is 5.50 Å². The highest BCUT2D eigenvalue weighted by molar-refractivity contribution is 6.19. The normalized spacial score (nSPS) is 15.8. The largest absolute Gasteiger partial charge is 0.239 e. The zero-order valence-electron chi connectivity index (χ0n) is 2.46. The molecule has 0 aliphatic heterocycles. The lowest BCUT2D eigenvalue weighted by atomic mass is 10.8. The van der Waals surface area contributed by atoms with Crippen LogP contribution in [0.5, 0.6) is 0 Å². The average Bonchev–Trinajstić information content (AvgIpc) is 0.811. The van der Waals surface area contributed by atoms with Gasteiger partial charge in [-0.15, -0.1) is 11.6 Å². The third-order valence-electron chi connectivity index (χ3n) is 0. The van der Waals surface area contributed by atoms with Crippen LogP contribution in [0, 0.1) is 0 Å². The maximum atomic E-state index is 6.35. The van der Waals surface area contributed by atoms with Crippen LogP contribution in [0.25, 0.3) is 0 Å². The summed E-state index contributed by atoms with van der Waals surface area (Å²) in [6.45, 7) is 1.60. The number of nitrogens with one attached hydrogen (secondary N) is 1. The molecule has 0 heterocycles. The highest BCUT2D eigenvalue weighted by atomic mass is 35.5. The maximum Gasteiger partial charge on any atom is 0.0924 e. The summed E-state index contributed by atoms with van der Waals surface area (Å²) >= 11 is 4.94. The molecule has 0 saturated carbocycles. The zero-order chi connectivity index (χ0) is 3.58. The number of hydrogen-bond donors (Lipinski definition) is 0. The fourth-order valence-corrected chi connectivity index (χ4v) is 0. The fourth-order valence-electron chi connectivity index (χ4n) is 0. The quantitative estimate of drug-likeness (QED) is 0.303. The number of hydrogen-bond acceptors (Lipinski definition) is 0. The van der Waals surface area contributed by atoms with E-state index in [0.29, 0.717) is 0 Å². The monoisotopic (exact) mass is 78.0 g/mol. The smallest absolute Gasteiger partial charge is 0.0924 e. The molecule has 1 unspecified atom stereocenters. The average molecular weight is 78.5 g/mol. The van der Waals surface area contributed by atoms with E-state index in [1.165, 1.54) is 0 Å². The third kappa shape index (κ3) is 56.3. The molecule has 1 nitrogen and oxygen atoms in total. The van der Waals surface area contributed by atoms with Gasteiger partial charge in [0.15, 0.2) is 0 Å². The van der Waals surface area contributed by atoms with Crippen molar-refractivity contribution in [3.8, 4) is 0 Å². The summed E-state index contributed by atoms with van der Waals surface area (Å²) in [7, 11) is 0. The molecule has 4 heavy (non-hydrogen) atoms. The number of alkyl halides is 1. The number of rotatable bonds is 0. The van der Waals surface area contributed by atoms with Crippen molar-refractivity contribution < 1.29 is 0 Å². The van der Waals surface area contributed by atoms with Gasteiger partial charge in [-0.2, -0.15) is 0 Å². The Labute approximate surface area is 30.7 Å². The predicted octanol–water partition coefficient (Wildman–Crippen LogP) is 0.854. The Morgan fingerprint density at radius 1 is 2.00 bits per heavy atom. The minimum absolute atomic E-state index is 0.444. The molecule has 1 N–H and O–H groups in total. The summed E-state index contributed by atoms with van der Waals surface area (Å²) in [4.78, 5) is 0. The van der Waals surface area contributed by atoms with Gasteiger partial charge < -0.3 is 0 Å². The van der Waals surface area contributed by atoms with Crippen LogP contribution in [0.2, 0.25) is 0 Å². The molecule has 1 radical (unpaired) electrons. The Balaban J connectivity index is 2.32. The highest BCUT2D eigenvalue weighted by Crippen LogP contribution is 1.78. The van der Waals surface area contributed by atoms with Gasteiger partial charge in [0.2, 0.25) is 0 Å². The molecule has 2 heteroatoms. The molecule has 0 amide bonds. The van der Waals surface area contributed by atoms with Gasteiger partial charge in [0, 0.05) is 0 Å². The summed E-state index contributed by atoms with van der Waals surface area (Å²) in [6, 6.07) is 0. The van der Waals surface area contributed by atoms with Crippen molar-refractivity contribution in [1.82, 2.24) is 5.73 Å². The van der Waals surface area contributed by atoms with Crippen molar-refractivity contribution >= 4 is 11.6 Å². The van der Waals surface area contributed by atoms with E-state index in [-0.39, 0.29) is 0 Å². The van der Waals surface area contributed by atoms with Crippen LogP contribution >= 0.6 is 11.6 Å². The Bertz CT molecular complexity index is 10.8. The number of halogens is 1. The molecule has 0 bridgehead atoms. The van der Waals surface area contributed by atoms with E-state index >= 15 is 0 Å². The van der Waals surface area contributed by atoms with Crippen molar-refractivity contribution in [2.75, 3.05) is 0 Å². The first kappa shape index (κ1) is 4.25. The summed E-state index contributed by atoms with van der Waals surface area (Å²) in [5.74, 6) is 0. The van der Waals surface area contributed by atoms with E-state index in [9.17, 15) is 0 Å². The zero-order valence-corrected chi connectivity index (χ0v) is 3.21. The summed E-state index contributed by atoms with van der Waals surface area (Å²) in [5, 5.41) is 0. The summed E-state index contributed by atoms with van der Waals surface area (Å²) in [5.41, 5.74) is 5.90. The van der Waals surface area contributed by atoms with Crippen molar-refractivity contribution in [2.45, 2.75) is 12.4 Å². The lowest BCUT2D eigenvalue weighted by Gasteiger charge is -1.75. The molecule has 25 valence electrons. The van der Waals surface area contributed by atoms with Gasteiger partial charge in [-0.05, 0) is 6.92 Å². The Hall–Kier alpha value is 0.250. The van der Waals surface area contributed by atoms with Crippen LogP contribution in [0.15, 0.2) is 0 Å². The first-order valence-corrected chi connectivity index (χ1v) is 1.52. The van der Waals surface area contributed by atoms with E-state index in [4.69, 9.17) is 17.3 Å². The molecular weight excluding hydrogens is 73.5 g/mol. The lowest BCUT2D eigenvalue weighted by Crippen LogP contribution is -1.84. The Kier molecular flexibility index (Phi) is 1.66. The molecule has 0 aliphatic rings. The third-order valence-corrected chi connectivity index (χ3v) is 0. The molecule has 0 saturated heterocycles. The van der Waals surface area contributed by atoms with Crippen LogP contribution < -0.4 is 5.73 Å². The van der Waals surface area contributed by atoms with Crippen LogP contribution in [-0.4, -0.2) is 5.50 Å². The minimum Gasteiger partial charge on any atom is -0.239 e. The topological polar surface area (TPSA) is 23.8 Å². The molecule has 1 atom stereocenters. The molecule has 0 aromatic heterocycles. The van der Waals surface area contributed by atoms with Crippen molar-refractivity contribution in [1.29, 1.82) is 0 Å². The second kappa shape index (κ2) is 1.56. The van der Waals surface area contributed by atoms with E-state index in [1.807, 2.05) is 0 Å². The standard InChI is InChI=1S/C2H5ClN/c1-2(3)4/h2,4H,1H3. The molecular formula is C2H5ClN. The summed E-state index contributed by atoms with van der Waals surface area (Å²) < 4.78 is 0. The van der Waals surface area contributed by atoms with Crippen LogP contribution in [0.3, 0.4) is 0 Å². The van der Waals surface area contributed by atoms with Crippen molar-refractivity contribution in [2.24, 2.45) is 0 Å². The highest BCUT2D eigenvalue weighted by Gasteiger charge is 1.72. The molecule has 0 aromatic rings. The Morgan fingerprint density at radius 3 is 2.00 bits per heavy atom. The van der Waals surface area contributed by atoms with E-state index in [1.54, 1.807) is 6.92 Å². The second-order valence-corrected chi connectivity index (χ2v) is 1.27. The van der Waals surface area contributed by atoms with Gasteiger partial charge >= 0.3 is 0 Å². The van der Waals surface area contributed by atoms with Gasteiger partial charge in [0.1, 0.15) is 0 Å². The van der Waals surface area contributed by atoms with Gasteiger partial charge in [-0.3, -0.25) is 0 Å². The maximum absolute atomic E-state index is 6.35. The van der Waals surface area contributed by atoms with E-state index in [0.717, 1.165) is 0 Å². The van der Waals surface area contributed by atoms with Gasteiger partial charge in [-0.25, -0.2) is 5.73 Å². The van der Waals surface area contributed by atoms with Gasteiger partial charge in [-0.1, -0.05) is 0 Å². The summed E-state index contributed by atoms with van der Waals surface area (Å²) in [6.07, 6.45) is 0. The van der Waals surface area contributed by atoms with E-state index < -0.39 is 5.50 Å². The Morgan fingerprint density at radius 2 is 2.00 bits per heavy atom. The molecule has 0 aliphatic carbocycles. The SMILES string of the molecule is CC([NH])Cl. The molecule has 0 rings (SSSR count). The van der Waals surface area contributed by atoms with Crippen molar-refractivity contribution in [3.05, 3.63) is 0 Å². The lowest BCUT2D eigenvalue weighted by molar-refractivity contribution is 0.991. The van der Waals surface area contributed by atoms with Crippen LogP contribution in [-0.2, 0) is 0 Å². The van der Waals surface area contributed by atoms with Crippen LogP contribution in [0.1, 0.15) is 6.92 Å². The first-order valence-electron chi connectivity index (χ1n) is 1.08. The molecule has 0 fully saturated rings. The van der Waals surface area contributed by atoms with E-state index in [2.05, 4.69) is 0 Å². The minimum atomic E-state index is -0.444. The fraction of sp³-hybridized carbons (Fsp3) is 1.00. The second-order valence-electron chi connectivity index (χ2n) is 0.616. The molecule has 0 aromatic carbocycles. The van der Waals surface area contributed by atoms with Crippen molar-refractivity contribution in [3.63, 3.8) is 0 Å².